The molecular formula is C24H27N3O. The fourth-order valence-electron chi connectivity index (χ4n) is 2.97. The van der Waals surface area contributed by atoms with Crippen LogP contribution in [0.3, 0.4) is 0 Å². The third-order valence-corrected chi connectivity index (χ3v) is 4.26. The molecule has 0 fully saturated rings. The summed E-state index contributed by atoms with van der Waals surface area (Å²) in [6.45, 7) is 10.3. The maximum absolute atomic E-state index is 5.95. The van der Waals surface area contributed by atoms with E-state index in [9.17, 15) is 0 Å². The molecule has 0 saturated heterocycles. The standard InChI is InChI=1S/C22H21N3O.C2H6/c1-16(2)15-26-22-13-12-18(17-8-4-3-5-9-17)14-21(22)25-23-19-10-6-7-11-20(19)24-25;1-2/h4,6-14H,1,3,5,15H2,2H3;1-2H3. The zero-order chi connectivity index (χ0) is 19.9. The number of nitrogens with zero attached hydrogens (tertiary/aromatic N) is 3. The third-order valence-electron chi connectivity index (χ3n) is 4.26. The minimum atomic E-state index is 0.468. The molecule has 0 N–H and O–H groups in total. The topological polar surface area (TPSA) is 39.9 Å². The van der Waals surface area contributed by atoms with Gasteiger partial charge in [0.1, 0.15) is 29.1 Å². The van der Waals surface area contributed by atoms with Crippen LogP contribution in [0.15, 0.2) is 72.8 Å². The number of hydrogen-bond donors (Lipinski definition) is 0. The number of hydrogen-bond acceptors (Lipinski definition) is 3. The molecule has 0 aliphatic heterocycles. The molecule has 144 valence electrons. The Bertz CT molecular complexity index is 994. The lowest BCUT2D eigenvalue weighted by molar-refractivity contribution is 0.349. The molecule has 4 rings (SSSR count). The van der Waals surface area contributed by atoms with Crippen LogP contribution in [0.5, 0.6) is 5.75 Å². The van der Waals surface area contributed by atoms with Gasteiger partial charge in [0.15, 0.2) is 0 Å². The summed E-state index contributed by atoms with van der Waals surface area (Å²) in [7, 11) is 0. The number of fused-ring (bicyclic) bond motifs is 1. The summed E-state index contributed by atoms with van der Waals surface area (Å²) in [5, 5.41) is 9.25. The lowest BCUT2D eigenvalue weighted by Crippen LogP contribution is -2.06. The summed E-state index contributed by atoms with van der Waals surface area (Å²) in [6, 6.07) is 14.0. The molecule has 4 nitrogen and oxygen atoms in total. The van der Waals surface area contributed by atoms with E-state index in [1.807, 2.05) is 51.1 Å². The molecule has 0 amide bonds. The molecule has 0 saturated carbocycles. The van der Waals surface area contributed by atoms with Crippen LogP contribution in [0, 0.1) is 0 Å². The Hall–Kier alpha value is -3.14. The second-order valence-electron chi connectivity index (χ2n) is 6.55. The SMILES string of the molecule is C=C(C)COc1ccc(C2=CCCC=C2)cc1-n1nc2ccccc2n1.CC. The van der Waals surface area contributed by atoms with Crippen LogP contribution in [0.25, 0.3) is 22.3 Å². The second kappa shape index (κ2) is 9.18. The van der Waals surface area contributed by atoms with E-state index < -0.39 is 0 Å². The summed E-state index contributed by atoms with van der Waals surface area (Å²) in [5.41, 5.74) is 5.89. The molecule has 4 heteroatoms. The summed E-state index contributed by atoms with van der Waals surface area (Å²) in [6.07, 6.45) is 8.81. The Morgan fingerprint density at radius 3 is 2.39 bits per heavy atom. The zero-order valence-electron chi connectivity index (χ0n) is 16.9. The lowest BCUT2D eigenvalue weighted by atomic mass is 9.99. The molecule has 0 radical (unpaired) electrons. The van der Waals surface area contributed by atoms with Crippen molar-refractivity contribution in [3.8, 4) is 11.4 Å². The predicted molar refractivity (Wildman–Crippen MR) is 117 cm³/mol. The molecule has 0 atom stereocenters. The Morgan fingerprint density at radius 2 is 1.79 bits per heavy atom. The average Bonchev–Trinajstić information content (AvgIpc) is 3.18. The van der Waals surface area contributed by atoms with Gasteiger partial charge in [0.25, 0.3) is 0 Å². The van der Waals surface area contributed by atoms with E-state index in [4.69, 9.17) is 4.74 Å². The zero-order valence-corrected chi connectivity index (χ0v) is 16.9. The van der Waals surface area contributed by atoms with Gasteiger partial charge in [0, 0.05) is 0 Å². The van der Waals surface area contributed by atoms with Crippen LogP contribution in [0.4, 0.5) is 0 Å². The Balaban J connectivity index is 0.00000109. The lowest BCUT2D eigenvalue weighted by Gasteiger charge is -2.14. The fourth-order valence-corrected chi connectivity index (χ4v) is 2.97. The smallest absolute Gasteiger partial charge is 0.147 e. The maximum Gasteiger partial charge on any atom is 0.147 e. The van der Waals surface area contributed by atoms with Gasteiger partial charge in [-0.2, -0.15) is 0 Å². The largest absolute Gasteiger partial charge is 0.487 e. The third kappa shape index (κ3) is 4.39. The summed E-state index contributed by atoms with van der Waals surface area (Å²) >= 11 is 0. The van der Waals surface area contributed by atoms with Crippen molar-refractivity contribution in [1.29, 1.82) is 0 Å². The monoisotopic (exact) mass is 373 g/mol. The highest BCUT2D eigenvalue weighted by Gasteiger charge is 2.13. The van der Waals surface area contributed by atoms with E-state index in [2.05, 4.69) is 47.1 Å². The van der Waals surface area contributed by atoms with E-state index in [0.717, 1.165) is 46.4 Å². The van der Waals surface area contributed by atoms with Gasteiger partial charge in [-0.3, -0.25) is 0 Å². The highest BCUT2D eigenvalue weighted by atomic mass is 16.5. The molecular weight excluding hydrogens is 346 g/mol. The second-order valence-corrected chi connectivity index (χ2v) is 6.55. The van der Waals surface area contributed by atoms with Gasteiger partial charge in [0.2, 0.25) is 0 Å². The van der Waals surface area contributed by atoms with Crippen molar-refractivity contribution < 1.29 is 4.74 Å². The quantitative estimate of drug-likeness (QED) is 0.505. The molecule has 2 aromatic carbocycles. The van der Waals surface area contributed by atoms with E-state index in [0.29, 0.717) is 6.61 Å². The molecule has 1 aliphatic carbocycles. The van der Waals surface area contributed by atoms with Crippen molar-refractivity contribution >= 4 is 16.6 Å². The molecule has 3 aromatic rings. The van der Waals surface area contributed by atoms with Crippen molar-refractivity contribution in [1.82, 2.24) is 15.0 Å². The highest BCUT2D eigenvalue weighted by molar-refractivity contribution is 5.77. The van der Waals surface area contributed by atoms with E-state index >= 15 is 0 Å². The van der Waals surface area contributed by atoms with Crippen LogP contribution >= 0.6 is 0 Å². The van der Waals surface area contributed by atoms with Crippen LogP contribution in [0.1, 0.15) is 39.2 Å². The average molecular weight is 374 g/mol. The Labute approximate surface area is 166 Å². The Kier molecular flexibility index (Phi) is 6.43. The van der Waals surface area contributed by atoms with Crippen molar-refractivity contribution in [2.45, 2.75) is 33.6 Å². The first kappa shape index (κ1) is 19.6. The summed E-state index contributed by atoms with van der Waals surface area (Å²) in [5.74, 6) is 0.748. The van der Waals surface area contributed by atoms with Crippen LogP contribution in [0.2, 0.25) is 0 Å². The van der Waals surface area contributed by atoms with Gasteiger partial charge in [-0.25, -0.2) is 0 Å². The van der Waals surface area contributed by atoms with Crippen molar-refractivity contribution in [2.24, 2.45) is 0 Å². The van der Waals surface area contributed by atoms with Gasteiger partial charge in [-0.05, 0) is 60.7 Å². The van der Waals surface area contributed by atoms with Gasteiger partial charge in [0.05, 0.1) is 0 Å². The molecule has 1 aliphatic rings. The number of rotatable bonds is 5. The van der Waals surface area contributed by atoms with Crippen LogP contribution < -0.4 is 4.74 Å². The first-order valence-corrected chi connectivity index (χ1v) is 9.81. The van der Waals surface area contributed by atoms with E-state index in [1.54, 1.807) is 4.80 Å². The predicted octanol–water partition coefficient (Wildman–Crippen LogP) is 6.14. The number of allylic oxidation sites excluding steroid dienone is 4. The van der Waals surface area contributed by atoms with Gasteiger partial charge < -0.3 is 4.74 Å². The van der Waals surface area contributed by atoms with Gasteiger partial charge >= 0.3 is 0 Å². The molecule has 0 unspecified atom stereocenters. The van der Waals surface area contributed by atoms with E-state index in [1.165, 1.54) is 5.57 Å². The van der Waals surface area contributed by atoms with Crippen LogP contribution in [-0.2, 0) is 0 Å². The number of ether oxygens (including phenoxy) is 1. The van der Waals surface area contributed by atoms with Gasteiger partial charge in [-0.1, -0.05) is 56.9 Å². The van der Waals surface area contributed by atoms with E-state index in [-0.39, 0.29) is 0 Å². The first-order valence-electron chi connectivity index (χ1n) is 9.81. The molecule has 1 heterocycles. The van der Waals surface area contributed by atoms with Crippen molar-refractivity contribution in [3.63, 3.8) is 0 Å². The van der Waals surface area contributed by atoms with Crippen molar-refractivity contribution in [2.75, 3.05) is 6.61 Å². The first-order chi connectivity index (χ1) is 13.7. The number of aromatic nitrogens is 3. The molecule has 28 heavy (non-hydrogen) atoms. The minimum absolute atomic E-state index is 0.468. The molecule has 0 bridgehead atoms. The van der Waals surface area contributed by atoms with Gasteiger partial charge in [-0.15, -0.1) is 15.0 Å². The Morgan fingerprint density at radius 1 is 1.07 bits per heavy atom. The number of benzene rings is 2. The van der Waals surface area contributed by atoms with Crippen LogP contribution in [-0.4, -0.2) is 21.6 Å². The normalized spacial score (nSPS) is 12.9. The van der Waals surface area contributed by atoms with Crippen molar-refractivity contribution in [3.05, 3.63) is 78.4 Å². The molecule has 1 aromatic heterocycles. The summed E-state index contributed by atoms with van der Waals surface area (Å²) in [4.78, 5) is 1.66. The fraction of sp³-hybridized carbons (Fsp3) is 0.250. The summed E-state index contributed by atoms with van der Waals surface area (Å²) < 4.78 is 5.95. The highest BCUT2D eigenvalue weighted by Crippen LogP contribution is 2.29. The molecule has 0 spiro atoms. The minimum Gasteiger partial charge on any atom is -0.487 e. The maximum atomic E-state index is 5.95.